The quantitative estimate of drug-likeness (QED) is 0.526. The first kappa shape index (κ1) is 24.3. The third kappa shape index (κ3) is 5.55. The van der Waals surface area contributed by atoms with E-state index in [9.17, 15) is 22.7 Å². The first-order chi connectivity index (χ1) is 15.8. The van der Waals surface area contributed by atoms with Crippen LogP contribution < -0.4 is 9.62 Å². The summed E-state index contributed by atoms with van der Waals surface area (Å²) in [6.07, 6.45) is 2.66. The van der Waals surface area contributed by atoms with Crippen LogP contribution in [0.3, 0.4) is 0 Å². The van der Waals surface area contributed by atoms with Gasteiger partial charge in [-0.2, -0.15) is 0 Å². The highest BCUT2D eigenvalue weighted by Crippen LogP contribution is 2.34. The fraction of sp³-hybridized carbons (Fsp3) is 0.318. The van der Waals surface area contributed by atoms with Crippen molar-refractivity contribution in [2.24, 2.45) is 0 Å². The minimum Gasteiger partial charge on any atom is -0.504 e. The number of hydrogen-bond acceptors (Lipinski definition) is 7. The van der Waals surface area contributed by atoms with Crippen LogP contribution in [0.2, 0.25) is 0 Å². The van der Waals surface area contributed by atoms with Gasteiger partial charge in [-0.1, -0.05) is 12.1 Å². The number of halogens is 1. The first-order valence-corrected chi connectivity index (χ1v) is 12.0. The maximum Gasteiger partial charge on any atom is 0.274 e. The van der Waals surface area contributed by atoms with Gasteiger partial charge in [0.1, 0.15) is 11.3 Å². The van der Waals surface area contributed by atoms with Crippen molar-refractivity contribution in [3.63, 3.8) is 0 Å². The lowest BCUT2D eigenvalue weighted by atomic mass is 10.1. The molecule has 11 heteroatoms. The Labute approximate surface area is 191 Å². The van der Waals surface area contributed by atoms with Gasteiger partial charge in [0.2, 0.25) is 10.0 Å². The summed E-state index contributed by atoms with van der Waals surface area (Å²) in [6.45, 7) is 2.25. The molecule has 3 heterocycles. The van der Waals surface area contributed by atoms with Crippen LogP contribution in [0.25, 0.3) is 10.9 Å². The molecule has 9 nitrogen and oxygen atoms in total. The average Bonchev–Trinajstić information content (AvgIpc) is 2.80. The van der Waals surface area contributed by atoms with Crippen molar-refractivity contribution in [3.05, 3.63) is 59.7 Å². The third-order valence-electron chi connectivity index (χ3n) is 4.88. The Morgan fingerprint density at radius 1 is 1.21 bits per heavy atom. The molecule has 1 fully saturated rings. The van der Waals surface area contributed by atoms with Crippen LogP contribution >= 0.6 is 0 Å². The maximum atomic E-state index is 13.0. The van der Waals surface area contributed by atoms with E-state index in [4.69, 9.17) is 5.11 Å². The number of pyridine rings is 2. The van der Waals surface area contributed by atoms with E-state index >= 15 is 0 Å². The molecule has 1 aliphatic rings. The highest BCUT2D eigenvalue weighted by molar-refractivity contribution is 7.92. The average molecular weight is 477 g/mol. The van der Waals surface area contributed by atoms with Crippen LogP contribution in [0, 0.1) is 5.82 Å². The summed E-state index contributed by atoms with van der Waals surface area (Å²) in [7, 11) is -3.59. The zero-order valence-corrected chi connectivity index (χ0v) is 18.8. The number of carbonyl (C=O) groups excluding carboxylic acids is 1. The lowest BCUT2D eigenvalue weighted by molar-refractivity contribution is 0.0943. The first-order valence-electron chi connectivity index (χ1n) is 10.4. The highest BCUT2D eigenvalue weighted by Gasteiger charge is 2.31. The number of amides is 1. The Kier molecular flexibility index (Phi) is 7.77. The molecule has 0 saturated carbocycles. The van der Waals surface area contributed by atoms with E-state index in [2.05, 4.69) is 15.3 Å². The molecule has 0 radical (unpaired) electrons. The van der Waals surface area contributed by atoms with Crippen LogP contribution in [0.5, 0.6) is 5.75 Å². The lowest BCUT2D eigenvalue weighted by Gasteiger charge is -2.28. The van der Waals surface area contributed by atoms with E-state index in [1.54, 1.807) is 19.1 Å². The monoisotopic (exact) mass is 476 g/mol. The molecule has 0 bridgehead atoms. The molecule has 3 N–H and O–H groups in total. The SMILES string of the molecule is CCO.O=C(NCc1ccc(F)cc1)c1nc(N2CCCCS2(=O)=O)c2cccnc2c1O. The van der Waals surface area contributed by atoms with Crippen molar-refractivity contribution in [1.29, 1.82) is 0 Å². The Hall–Kier alpha value is -3.31. The van der Waals surface area contributed by atoms with Crippen LogP contribution in [0.4, 0.5) is 10.2 Å². The fourth-order valence-corrected chi connectivity index (χ4v) is 4.95. The van der Waals surface area contributed by atoms with E-state index < -0.39 is 27.5 Å². The summed E-state index contributed by atoms with van der Waals surface area (Å²) in [6, 6.07) is 8.81. The van der Waals surface area contributed by atoms with Gasteiger partial charge in [0.25, 0.3) is 5.91 Å². The molecule has 0 unspecified atom stereocenters. The van der Waals surface area contributed by atoms with Gasteiger partial charge >= 0.3 is 0 Å². The lowest BCUT2D eigenvalue weighted by Crippen LogP contribution is -2.39. The fourth-order valence-electron chi connectivity index (χ4n) is 3.35. The number of rotatable bonds is 4. The molecule has 1 amide bonds. The number of sulfonamides is 1. The van der Waals surface area contributed by atoms with Crippen LogP contribution in [-0.4, -0.2) is 53.4 Å². The number of hydrogen-bond donors (Lipinski definition) is 3. The summed E-state index contributed by atoms with van der Waals surface area (Å²) in [5.41, 5.74) is 0.427. The summed E-state index contributed by atoms with van der Waals surface area (Å²) >= 11 is 0. The van der Waals surface area contributed by atoms with Crippen molar-refractivity contribution in [2.45, 2.75) is 26.3 Å². The molecule has 3 aromatic rings. The predicted octanol–water partition coefficient (Wildman–Crippen LogP) is 2.33. The number of nitrogens with one attached hydrogen (secondary N) is 1. The van der Waals surface area contributed by atoms with Gasteiger partial charge in [0.15, 0.2) is 17.3 Å². The van der Waals surface area contributed by atoms with E-state index in [0.29, 0.717) is 23.8 Å². The number of benzene rings is 1. The Morgan fingerprint density at radius 2 is 1.91 bits per heavy atom. The molecule has 4 rings (SSSR count). The molecule has 1 aromatic carbocycles. The van der Waals surface area contributed by atoms with Gasteiger partial charge in [-0.05, 0) is 49.6 Å². The van der Waals surface area contributed by atoms with E-state index in [0.717, 1.165) is 0 Å². The van der Waals surface area contributed by atoms with Crippen molar-refractivity contribution < 1.29 is 27.8 Å². The number of fused-ring (bicyclic) bond motifs is 1. The summed E-state index contributed by atoms with van der Waals surface area (Å²) in [4.78, 5) is 21.1. The second-order valence-corrected chi connectivity index (χ2v) is 9.27. The molecular weight excluding hydrogens is 451 g/mol. The number of aliphatic hydroxyl groups excluding tert-OH is 1. The number of nitrogens with zero attached hydrogens (tertiary/aromatic N) is 3. The molecule has 1 saturated heterocycles. The molecule has 1 aliphatic heterocycles. The van der Waals surface area contributed by atoms with Gasteiger partial charge in [0.05, 0.1) is 5.75 Å². The zero-order chi connectivity index (χ0) is 24.0. The maximum absolute atomic E-state index is 13.0. The summed E-state index contributed by atoms with van der Waals surface area (Å²) < 4.78 is 39.4. The van der Waals surface area contributed by atoms with Crippen molar-refractivity contribution in [3.8, 4) is 5.75 Å². The van der Waals surface area contributed by atoms with Crippen LogP contribution in [0.1, 0.15) is 35.8 Å². The zero-order valence-electron chi connectivity index (χ0n) is 18.0. The molecule has 0 atom stereocenters. The van der Waals surface area contributed by atoms with Gasteiger partial charge < -0.3 is 15.5 Å². The minimum absolute atomic E-state index is 0.0105. The second-order valence-electron chi connectivity index (χ2n) is 7.25. The number of anilines is 1. The Balaban J connectivity index is 0.000000968. The number of aromatic nitrogens is 2. The number of aromatic hydroxyl groups is 1. The van der Waals surface area contributed by atoms with E-state index in [1.165, 1.54) is 34.8 Å². The summed E-state index contributed by atoms with van der Waals surface area (Å²) in [5, 5.41) is 21.1. The van der Waals surface area contributed by atoms with Crippen molar-refractivity contribution in [1.82, 2.24) is 15.3 Å². The van der Waals surface area contributed by atoms with E-state index in [-0.39, 0.29) is 42.5 Å². The van der Waals surface area contributed by atoms with Gasteiger partial charge in [-0.25, -0.2) is 17.8 Å². The van der Waals surface area contributed by atoms with Crippen molar-refractivity contribution in [2.75, 3.05) is 23.2 Å². The largest absolute Gasteiger partial charge is 0.504 e. The topological polar surface area (TPSA) is 133 Å². The Bertz CT molecular complexity index is 1240. The normalized spacial score (nSPS) is 14.9. The van der Waals surface area contributed by atoms with Gasteiger partial charge in [-0.15, -0.1) is 0 Å². The van der Waals surface area contributed by atoms with Crippen LogP contribution in [-0.2, 0) is 16.6 Å². The number of aliphatic hydroxyl groups is 1. The van der Waals surface area contributed by atoms with Crippen LogP contribution in [0.15, 0.2) is 42.6 Å². The molecule has 2 aromatic heterocycles. The molecule has 0 spiro atoms. The molecule has 33 heavy (non-hydrogen) atoms. The van der Waals surface area contributed by atoms with Crippen molar-refractivity contribution >= 4 is 32.7 Å². The molecular formula is C22H25FN4O5S. The van der Waals surface area contributed by atoms with Gasteiger partial charge in [-0.3, -0.25) is 14.1 Å². The highest BCUT2D eigenvalue weighted by atomic mass is 32.2. The van der Waals surface area contributed by atoms with Gasteiger partial charge in [0, 0.05) is 31.3 Å². The van der Waals surface area contributed by atoms with E-state index in [1.807, 2.05) is 0 Å². The molecule has 176 valence electrons. The molecule has 0 aliphatic carbocycles. The number of carbonyl (C=O) groups is 1. The summed E-state index contributed by atoms with van der Waals surface area (Å²) in [5.74, 6) is -1.45. The smallest absolute Gasteiger partial charge is 0.274 e. The minimum atomic E-state index is -3.59. The Morgan fingerprint density at radius 3 is 2.58 bits per heavy atom. The second kappa shape index (κ2) is 10.5. The third-order valence-corrected chi connectivity index (χ3v) is 6.71. The standard InChI is InChI=1S/C20H19FN4O4S.C2H6O/c21-14-7-5-13(6-8-14)12-23-20(27)17-18(26)16-15(4-3-9-22-16)19(24-17)25-10-1-2-11-30(25,28)29;1-2-3/h3-9,26H,1-2,10-12H2,(H,23,27);3H,2H2,1H3. The predicted molar refractivity (Wildman–Crippen MR) is 122 cm³/mol.